The van der Waals surface area contributed by atoms with Gasteiger partial charge < -0.3 is 34.1 Å². The lowest BCUT2D eigenvalue weighted by Gasteiger charge is -2.41. The summed E-state index contributed by atoms with van der Waals surface area (Å²) in [6, 6.07) is -0.0479. The number of hydrogen-bond acceptors (Lipinski definition) is 7. The highest BCUT2D eigenvalue weighted by Crippen LogP contribution is 2.46. The summed E-state index contributed by atoms with van der Waals surface area (Å²) < 4.78 is 28.5. The molecule has 8 atom stereocenters. The molecule has 3 fully saturated rings. The molecule has 210 valence electrons. The Hall–Kier alpha value is -1.55. The van der Waals surface area contributed by atoms with Crippen molar-refractivity contribution in [1.82, 2.24) is 5.32 Å². The zero-order valence-corrected chi connectivity index (χ0v) is 23.8. The van der Waals surface area contributed by atoms with Crippen molar-refractivity contribution in [1.29, 1.82) is 0 Å². The Morgan fingerprint density at radius 3 is 2.62 bits per heavy atom. The van der Waals surface area contributed by atoms with Gasteiger partial charge in [-0.1, -0.05) is 30.7 Å². The van der Waals surface area contributed by atoms with E-state index in [4.69, 9.17) is 23.7 Å². The van der Waals surface area contributed by atoms with Gasteiger partial charge in [0.1, 0.15) is 24.6 Å². The molecule has 3 rings (SSSR count). The van der Waals surface area contributed by atoms with Crippen molar-refractivity contribution in [3.05, 3.63) is 35.5 Å². The standard InChI is InChI=1S/C29H47NO7/c1-18(10-12-25-27(32)29(16-35-29)15-28(6,7)37-25)9-11-24-20(3)13-23(22(5)36-24)30-26(31)14-19(2)21(4)34-17-33-8/h9-10,12,14,20-25,27,32H,11,13,15-17H2,1-8H3,(H,30,31)/b12-10+,18-9+,19-14-/t20-,21-,22+,23+,24-,25+,27+,29+/m0/s1. The molecule has 0 bridgehead atoms. The summed E-state index contributed by atoms with van der Waals surface area (Å²) in [7, 11) is 1.57. The minimum Gasteiger partial charge on any atom is -0.387 e. The minimum absolute atomic E-state index is 0.0479. The first kappa shape index (κ1) is 30.0. The van der Waals surface area contributed by atoms with E-state index in [1.54, 1.807) is 13.2 Å². The van der Waals surface area contributed by atoms with Gasteiger partial charge in [0.2, 0.25) is 5.91 Å². The predicted molar refractivity (Wildman–Crippen MR) is 142 cm³/mol. The first-order valence-electron chi connectivity index (χ1n) is 13.5. The first-order chi connectivity index (χ1) is 17.4. The van der Waals surface area contributed by atoms with Gasteiger partial charge in [0.15, 0.2) is 0 Å². The third-order valence-corrected chi connectivity index (χ3v) is 7.75. The number of epoxide rings is 1. The number of carbonyl (C=O) groups is 1. The maximum Gasteiger partial charge on any atom is 0.244 e. The quantitative estimate of drug-likeness (QED) is 0.195. The molecule has 8 heteroatoms. The predicted octanol–water partition coefficient (Wildman–Crippen LogP) is 3.83. The number of ether oxygens (including phenoxy) is 5. The maximum absolute atomic E-state index is 12.6. The van der Waals surface area contributed by atoms with Crippen LogP contribution in [0.15, 0.2) is 35.5 Å². The van der Waals surface area contributed by atoms with Gasteiger partial charge in [-0.25, -0.2) is 0 Å². The number of allylic oxidation sites excluding steroid dienone is 2. The average Bonchev–Trinajstić information content (AvgIpc) is 3.59. The van der Waals surface area contributed by atoms with Crippen LogP contribution in [0, 0.1) is 5.92 Å². The van der Waals surface area contributed by atoms with Crippen molar-refractivity contribution in [3.8, 4) is 0 Å². The molecule has 1 spiro atoms. The lowest BCUT2D eigenvalue weighted by atomic mass is 9.83. The van der Waals surface area contributed by atoms with Gasteiger partial charge in [-0.2, -0.15) is 0 Å². The summed E-state index contributed by atoms with van der Waals surface area (Å²) in [5.41, 5.74) is 1.15. The minimum atomic E-state index is -0.654. The zero-order chi connectivity index (χ0) is 27.4. The van der Waals surface area contributed by atoms with Crippen molar-refractivity contribution >= 4 is 5.91 Å². The molecule has 3 heterocycles. The molecule has 0 aromatic rings. The molecule has 8 nitrogen and oxygen atoms in total. The fraction of sp³-hybridized carbons (Fsp3) is 0.759. The molecule has 0 aromatic heterocycles. The Morgan fingerprint density at radius 2 is 1.97 bits per heavy atom. The van der Waals surface area contributed by atoms with Crippen molar-refractivity contribution in [2.45, 2.75) is 115 Å². The van der Waals surface area contributed by atoms with E-state index in [2.05, 4.69) is 18.3 Å². The summed E-state index contributed by atoms with van der Waals surface area (Å²) >= 11 is 0. The third kappa shape index (κ3) is 8.22. The summed E-state index contributed by atoms with van der Waals surface area (Å²) in [5, 5.41) is 13.8. The Balaban J connectivity index is 1.50. The van der Waals surface area contributed by atoms with Crippen molar-refractivity contribution in [2.75, 3.05) is 20.5 Å². The highest BCUT2D eigenvalue weighted by molar-refractivity contribution is 5.88. The monoisotopic (exact) mass is 521 g/mol. The molecular weight excluding hydrogens is 474 g/mol. The largest absolute Gasteiger partial charge is 0.387 e. The Kier molecular flexibility index (Phi) is 10.2. The van der Waals surface area contributed by atoms with Crippen LogP contribution in [0.2, 0.25) is 0 Å². The van der Waals surface area contributed by atoms with E-state index >= 15 is 0 Å². The number of methoxy groups -OCH3 is 1. The Labute approximate surface area is 222 Å². The molecule has 0 radical (unpaired) electrons. The first-order valence-corrected chi connectivity index (χ1v) is 13.5. The van der Waals surface area contributed by atoms with Gasteiger partial charge in [-0.05, 0) is 65.9 Å². The molecule has 0 saturated carbocycles. The van der Waals surface area contributed by atoms with Crippen molar-refractivity contribution < 1.29 is 33.6 Å². The van der Waals surface area contributed by atoms with E-state index in [1.807, 2.05) is 53.7 Å². The number of aliphatic hydroxyl groups excluding tert-OH is 1. The van der Waals surface area contributed by atoms with Gasteiger partial charge in [-0.3, -0.25) is 4.79 Å². The third-order valence-electron chi connectivity index (χ3n) is 7.75. The Bertz CT molecular complexity index is 875. The SMILES string of the molecule is COCO[C@@H](C)/C(C)=C\C(=O)N[C@@H]1C[C@H](C)[C@H](C/C=C(C)/C=C/[C@H]2OC(C)(C)C[C@@]3(CO3)[C@@H]2O)O[C@@H]1C. The summed E-state index contributed by atoms with van der Waals surface area (Å²) in [4.78, 5) is 12.6. The van der Waals surface area contributed by atoms with E-state index in [9.17, 15) is 9.90 Å². The molecule has 0 unspecified atom stereocenters. The van der Waals surface area contributed by atoms with E-state index in [0.717, 1.165) is 24.0 Å². The van der Waals surface area contributed by atoms with Gasteiger partial charge in [-0.15, -0.1) is 0 Å². The number of hydrogen-bond donors (Lipinski definition) is 2. The molecule has 0 aliphatic carbocycles. The van der Waals surface area contributed by atoms with Crippen LogP contribution in [0.3, 0.4) is 0 Å². The second-order valence-electron chi connectivity index (χ2n) is 11.7. The molecule has 3 aliphatic rings. The second-order valence-corrected chi connectivity index (χ2v) is 11.7. The van der Waals surface area contributed by atoms with Crippen molar-refractivity contribution in [3.63, 3.8) is 0 Å². The number of amides is 1. The molecule has 3 saturated heterocycles. The fourth-order valence-electron chi connectivity index (χ4n) is 5.29. The van der Waals surface area contributed by atoms with Crippen LogP contribution in [0.25, 0.3) is 0 Å². The lowest BCUT2D eigenvalue weighted by molar-refractivity contribution is -0.171. The van der Waals surface area contributed by atoms with Gasteiger partial charge in [0.25, 0.3) is 0 Å². The molecular formula is C29H47NO7. The molecule has 37 heavy (non-hydrogen) atoms. The number of nitrogens with one attached hydrogen (secondary N) is 1. The van der Waals surface area contributed by atoms with Crippen LogP contribution >= 0.6 is 0 Å². The second kappa shape index (κ2) is 12.5. The van der Waals surface area contributed by atoms with E-state index in [-0.39, 0.29) is 42.7 Å². The van der Waals surface area contributed by atoms with Crippen LogP contribution in [0.5, 0.6) is 0 Å². The van der Waals surface area contributed by atoms with Gasteiger partial charge in [0.05, 0.1) is 36.6 Å². The molecule has 0 aromatic carbocycles. The number of aliphatic hydroxyl groups is 1. The van der Waals surface area contributed by atoms with E-state index in [1.165, 1.54) is 0 Å². The van der Waals surface area contributed by atoms with Gasteiger partial charge >= 0.3 is 0 Å². The van der Waals surface area contributed by atoms with E-state index < -0.39 is 17.8 Å². The molecule has 1 amide bonds. The van der Waals surface area contributed by atoms with Gasteiger partial charge in [0, 0.05) is 19.6 Å². The smallest absolute Gasteiger partial charge is 0.244 e. The van der Waals surface area contributed by atoms with Crippen LogP contribution in [0.1, 0.15) is 67.7 Å². The Morgan fingerprint density at radius 1 is 1.27 bits per heavy atom. The summed E-state index contributed by atoms with van der Waals surface area (Å²) in [6.07, 6.45) is 8.79. The maximum atomic E-state index is 12.6. The zero-order valence-electron chi connectivity index (χ0n) is 23.8. The lowest BCUT2D eigenvalue weighted by Crippen LogP contribution is -2.53. The van der Waals surface area contributed by atoms with Crippen LogP contribution < -0.4 is 5.32 Å². The average molecular weight is 522 g/mol. The fourth-order valence-corrected chi connectivity index (χ4v) is 5.29. The highest BCUT2D eigenvalue weighted by Gasteiger charge is 2.60. The van der Waals surface area contributed by atoms with Crippen LogP contribution in [-0.4, -0.2) is 79.3 Å². The number of rotatable bonds is 10. The van der Waals surface area contributed by atoms with Crippen LogP contribution in [-0.2, 0) is 28.5 Å². The number of carbonyl (C=O) groups excluding carboxylic acids is 1. The van der Waals surface area contributed by atoms with Crippen molar-refractivity contribution in [2.24, 2.45) is 5.92 Å². The van der Waals surface area contributed by atoms with Crippen LogP contribution in [0.4, 0.5) is 0 Å². The van der Waals surface area contributed by atoms with E-state index in [0.29, 0.717) is 18.9 Å². The topological polar surface area (TPSA) is 98.8 Å². The highest BCUT2D eigenvalue weighted by atomic mass is 16.7. The summed E-state index contributed by atoms with van der Waals surface area (Å²) in [6.45, 7) is 14.9. The normalized spacial score (nSPS) is 37.1. The summed E-state index contributed by atoms with van der Waals surface area (Å²) in [5.74, 6) is 0.158. The molecule has 3 aliphatic heterocycles. The molecule has 2 N–H and O–H groups in total.